The molecule has 0 bridgehead atoms. The summed E-state index contributed by atoms with van der Waals surface area (Å²) in [5.74, 6) is 0.110. The van der Waals surface area contributed by atoms with Crippen molar-refractivity contribution in [2.24, 2.45) is 0 Å². The highest BCUT2D eigenvalue weighted by molar-refractivity contribution is 5.96. The highest BCUT2D eigenvalue weighted by Gasteiger charge is 2.23. The van der Waals surface area contributed by atoms with Crippen LogP contribution in [0.25, 0.3) is 0 Å². The van der Waals surface area contributed by atoms with Gasteiger partial charge in [-0.05, 0) is 31.4 Å². The molecule has 0 fully saturated rings. The van der Waals surface area contributed by atoms with E-state index < -0.39 is 0 Å². The number of aliphatic hydroxyl groups excluding tert-OH is 1. The SMILES string of the molecule is Cc1ccc2c(c1)C(=O)N(CCCO)CC2. The molecule has 1 aliphatic rings. The highest BCUT2D eigenvalue weighted by atomic mass is 16.3. The molecular formula is C13H17NO2. The summed E-state index contributed by atoms with van der Waals surface area (Å²) in [6.45, 7) is 3.57. The fraction of sp³-hybridized carbons (Fsp3) is 0.462. The third kappa shape index (κ3) is 2.09. The van der Waals surface area contributed by atoms with Crippen LogP contribution in [0.1, 0.15) is 27.9 Å². The van der Waals surface area contributed by atoms with Crippen molar-refractivity contribution in [3.8, 4) is 0 Å². The number of aryl methyl sites for hydroxylation is 1. The first-order valence-electron chi connectivity index (χ1n) is 5.72. The van der Waals surface area contributed by atoms with Crippen molar-refractivity contribution in [3.63, 3.8) is 0 Å². The number of amides is 1. The Labute approximate surface area is 95.7 Å². The van der Waals surface area contributed by atoms with Gasteiger partial charge in [0.15, 0.2) is 0 Å². The summed E-state index contributed by atoms with van der Waals surface area (Å²) in [6, 6.07) is 6.06. The smallest absolute Gasteiger partial charge is 0.254 e. The fourth-order valence-electron chi connectivity index (χ4n) is 2.11. The number of aliphatic hydroxyl groups is 1. The lowest BCUT2D eigenvalue weighted by Crippen LogP contribution is -2.38. The van der Waals surface area contributed by atoms with Gasteiger partial charge in [-0.15, -0.1) is 0 Å². The zero-order chi connectivity index (χ0) is 11.5. The van der Waals surface area contributed by atoms with Crippen LogP contribution in [0.3, 0.4) is 0 Å². The van der Waals surface area contributed by atoms with Crippen LogP contribution in [-0.2, 0) is 6.42 Å². The molecule has 2 rings (SSSR count). The van der Waals surface area contributed by atoms with Crippen molar-refractivity contribution >= 4 is 5.91 Å². The van der Waals surface area contributed by atoms with Gasteiger partial charge >= 0.3 is 0 Å². The first-order chi connectivity index (χ1) is 7.72. The molecule has 1 aliphatic heterocycles. The topological polar surface area (TPSA) is 40.5 Å². The zero-order valence-electron chi connectivity index (χ0n) is 9.57. The Morgan fingerprint density at radius 2 is 2.25 bits per heavy atom. The van der Waals surface area contributed by atoms with Crippen LogP contribution in [0.5, 0.6) is 0 Å². The van der Waals surface area contributed by atoms with Crippen molar-refractivity contribution in [1.82, 2.24) is 4.90 Å². The number of carbonyl (C=O) groups is 1. The molecule has 86 valence electrons. The lowest BCUT2D eigenvalue weighted by atomic mass is 9.97. The van der Waals surface area contributed by atoms with Crippen LogP contribution in [0.2, 0.25) is 0 Å². The van der Waals surface area contributed by atoms with E-state index in [1.54, 1.807) is 0 Å². The predicted octanol–water partition coefficient (Wildman–Crippen LogP) is 1.38. The van der Waals surface area contributed by atoms with Gasteiger partial charge in [0.1, 0.15) is 0 Å². The molecule has 1 aromatic rings. The Bertz CT molecular complexity index is 401. The van der Waals surface area contributed by atoms with Crippen LogP contribution in [0.15, 0.2) is 18.2 Å². The molecule has 0 saturated heterocycles. The molecule has 0 radical (unpaired) electrons. The van der Waals surface area contributed by atoms with Crippen molar-refractivity contribution in [3.05, 3.63) is 34.9 Å². The van der Waals surface area contributed by atoms with Gasteiger partial charge in [0, 0.05) is 25.3 Å². The molecule has 0 saturated carbocycles. The van der Waals surface area contributed by atoms with E-state index in [9.17, 15) is 4.79 Å². The van der Waals surface area contributed by atoms with E-state index in [1.807, 2.05) is 24.0 Å². The Kier molecular flexibility index (Phi) is 3.25. The monoisotopic (exact) mass is 219 g/mol. The average molecular weight is 219 g/mol. The summed E-state index contributed by atoms with van der Waals surface area (Å²) in [6.07, 6.45) is 1.58. The quantitative estimate of drug-likeness (QED) is 0.834. The Hall–Kier alpha value is -1.35. The van der Waals surface area contributed by atoms with Crippen molar-refractivity contribution in [2.45, 2.75) is 19.8 Å². The molecule has 16 heavy (non-hydrogen) atoms. The van der Waals surface area contributed by atoms with E-state index in [4.69, 9.17) is 5.11 Å². The van der Waals surface area contributed by atoms with Gasteiger partial charge in [-0.1, -0.05) is 17.7 Å². The van der Waals surface area contributed by atoms with E-state index in [2.05, 4.69) is 6.07 Å². The summed E-state index contributed by atoms with van der Waals surface area (Å²) in [7, 11) is 0. The minimum atomic E-state index is 0.110. The van der Waals surface area contributed by atoms with E-state index in [1.165, 1.54) is 0 Å². The summed E-state index contributed by atoms with van der Waals surface area (Å²) in [5.41, 5.74) is 3.11. The van der Waals surface area contributed by atoms with E-state index >= 15 is 0 Å². The molecule has 1 aromatic carbocycles. The Balaban J connectivity index is 2.20. The molecule has 0 spiro atoms. The highest BCUT2D eigenvalue weighted by Crippen LogP contribution is 2.20. The molecule has 0 aromatic heterocycles. The summed E-state index contributed by atoms with van der Waals surface area (Å²) < 4.78 is 0. The molecule has 0 aliphatic carbocycles. The molecule has 0 atom stereocenters. The number of benzene rings is 1. The Morgan fingerprint density at radius 3 is 3.00 bits per heavy atom. The second-order valence-electron chi connectivity index (χ2n) is 4.28. The number of hydrogen-bond donors (Lipinski definition) is 1. The first kappa shape index (κ1) is 11.1. The van der Waals surface area contributed by atoms with Crippen LogP contribution in [-0.4, -0.2) is 35.6 Å². The molecule has 3 nitrogen and oxygen atoms in total. The van der Waals surface area contributed by atoms with Gasteiger partial charge in [-0.25, -0.2) is 0 Å². The van der Waals surface area contributed by atoms with Crippen molar-refractivity contribution < 1.29 is 9.90 Å². The maximum atomic E-state index is 12.1. The van der Waals surface area contributed by atoms with Crippen LogP contribution in [0.4, 0.5) is 0 Å². The van der Waals surface area contributed by atoms with Crippen LogP contribution < -0.4 is 0 Å². The van der Waals surface area contributed by atoms with Gasteiger partial charge in [-0.3, -0.25) is 4.79 Å². The van der Waals surface area contributed by atoms with Gasteiger partial charge in [0.05, 0.1) is 0 Å². The molecule has 1 N–H and O–H groups in total. The average Bonchev–Trinajstić information content (AvgIpc) is 2.29. The fourth-order valence-corrected chi connectivity index (χ4v) is 2.11. The second kappa shape index (κ2) is 4.66. The predicted molar refractivity (Wildman–Crippen MR) is 62.5 cm³/mol. The number of hydrogen-bond acceptors (Lipinski definition) is 2. The number of nitrogens with zero attached hydrogens (tertiary/aromatic N) is 1. The van der Waals surface area contributed by atoms with Gasteiger partial charge in [-0.2, -0.15) is 0 Å². The lowest BCUT2D eigenvalue weighted by Gasteiger charge is -2.28. The molecule has 3 heteroatoms. The van der Waals surface area contributed by atoms with Crippen LogP contribution >= 0.6 is 0 Å². The van der Waals surface area contributed by atoms with Crippen molar-refractivity contribution in [1.29, 1.82) is 0 Å². The van der Waals surface area contributed by atoms with Gasteiger partial charge in [0.2, 0.25) is 0 Å². The van der Waals surface area contributed by atoms with Crippen molar-refractivity contribution in [2.75, 3.05) is 19.7 Å². The van der Waals surface area contributed by atoms with Crippen LogP contribution in [0, 0.1) is 6.92 Å². The number of carbonyl (C=O) groups excluding carboxylic acids is 1. The van der Waals surface area contributed by atoms with E-state index in [0.717, 1.165) is 29.7 Å². The third-order valence-corrected chi connectivity index (χ3v) is 3.02. The summed E-state index contributed by atoms with van der Waals surface area (Å²) in [5, 5.41) is 8.78. The lowest BCUT2D eigenvalue weighted by molar-refractivity contribution is 0.0729. The maximum Gasteiger partial charge on any atom is 0.254 e. The zero-order valence-corrected chi connectivity index (χ0v) is 9.57. The molecular weight excluding hydrogens is 202 g/mol. The standard InChI is InChI=1S/C13H17NO2/c1-10-3-4-11-5-7-14(6-2-8-15)13(16)12(11)9-10/h3-4,9,15H,2,5-8H2,1H3. The molecule has 1 heterocycles. The number of rotatable bonds is 3. The summed E-state index contributed by atoms with van der Waals surface area (Å²) in [4.78, 5) is 14.0. The van der Waals surface area contributed by atoms with E-state index in [0.29, 0.717) is 13.0 Å². The molecule has 0 unspecified atom stereocenters. The normalized spacial score (nSPS) is 15.1. The third-order valence-electron chi connectivity index (χ3n) is 3.02. The second-order valence-corrected chi connectivity index (χ2v) is 4.28. The van der Waals surface area contributed by atoms with Gasteiger partial charge in [0.25, 0.3) is 5.91 Å². The maximum absolute atomic E-state index is 12.1. The number of fused-ring (bicyclic) bond motifs is 1. The summed E-state index contributed by atoms with van der Waals surface area (Å²) >= 11 is 0. The minimum absolute atomic E-state index is 0.110. The van der Waals surface area contributed by atoms with Gasteiger partial charge < -0.3 is 10.0 Å². The largest absolute Gasteiger partial charge is 0.396 e. The minimum Gasteiger partial charge on any atom is -0.396 e. The Morgan fingerprint density at radius 1 is 1.44 bits per heavy atom. The molecule has 1 amide bonds. The first-order valence-corrected chi connectivity index (χ1v) is 5.72. The van der Waals surface area contributed by atoms with E-state index in [-0.39, 0.29) is 12.5 Å².